The van der Waals surface area contributed by atoms with E-state index in [0.29, 0.717) is 11.6 Å². The number of piperidine rings is 1. The highest BCUT2D eigenvalue weighted by molar-refractivity contribution is 5.35. The molecule has 0 radical (unpaired) electrons. The monoisotopic (exact) mass is 193 g/mol. The Morgan fingerprint density at radius 3 is 2.64 bits per heavy atom. The Kier molecular flexibility index (Phi) is 2.54. The molecule has 76 valence electrons. The summed E-state index contributed by atoms with van der Waals surface area (Å²) in [5.74, 6) is 0.476. The topological polar surface area (TPSA) is 70.9 Å². The molecule has 0 aliphatic carbocycles. The molecule has 0 spiro atoms. The Bertz CT molecular complexity index is 366. The molecule has 1 aromatic heterocycles. The quantitative estimate of drug-likeness (QED) is 0.605. The first-order valence-electron chi connectivity index (χ1n) is 4.97. The average molecular weight is 193 g/mol. The number of hydrogen-bond donors (Lipinski definition) is 3. The van der Waals surface area contributed by atoms with Crippen LogP contribution in [0.3, 0.4) is 0 Å². The highest BCUT2D eigenvalue weighted by atomic mass is 16.1. The van der Waals surface area contributed by atoms with Gasteiger partial charge in [0.05, 0.1) is 5.69 Å². The van der Waals surface area contributed by atoms with Gasteiger partial charge in [0.25, 0.3) is 5.56 Å². The van der Waals surface area contributed by atoms with Gasteiger partial charge in [-0.2, -0.15) is 0 Å². The maximum absolute atomic E-state index is 11.3. The van der Waals surface area contributed by atoms with E-state index in [4.69, 9.17) is 5.73 Å². The molecule has 14 heavy (non-hydrogen) atoms. The van der Waals surface area contributed by atoms with E-state index in [1.54, 1.807) is 6.07 Å². The van der Waals surface area contributed by atoms with Gasteiger partial charge < -0.3 is 16.0 Å². The van der Waals surface area contributed by atoms with Gasteiger partial charge in [0, 0.05) is 11.6 Å². The number of H-pyrrole nitrogens is 1. The standard InChI is InChI=1S/C10H15N3O/c11-8-1-2-9(13-10(8)14)7-3-5-12-6-4-7/h1-2,7,12H,3-6,11H2,(H,13,14). The van der Waals surface area contributed by atoms with Gasteiger partial charge in [-0.15, -0.1) is 0 Å². The zero-order valence-corrected chi connectivity index (χ0v) is 8.05. The van der Waals surface area contributed by atoms with Crippen LogP contribution >= 0.6 is 0 Å². The van der Waals surface area contributed by atoms with Gasteiger partial charge in [-0.3, -0.25) is 4.79 Å². The van der Waals surface area contributed by atoms with Gasteiger partial charge in [0.15, 0.2) is 0 Å². The van der Waals surface area contributed by atoms with Crippen molar-refractivity contribution in [3.05, 3.63) is 28.2 Å². The van der Waals surface area contributed by atoms with E-state index in [2.05, 4.69) is 10.3 Å². The minimum atomic E-state index is -0.166. The third kappa shape index (κ3) is 1.80. The molecule has 1 aromatic rings. The van der Waals surface area contributed by atoms with E-state index in [9.17, 15) is 4.79 Å². The summed E-state index contributed by atoms with van der Waals surface area (Å²) < 4.78 is 0. The molecule has 0 bridgehead atoms. The number of aromatic nitrogens is 1. The molecule has 4 heteroatoms. The van der Waals surface area contributed by atoms with Gasteiger partial charge in [-0.25, -0.2) is 0 Å². The van der Waals surface area contributed by atoms with Crippen molar-refractivity contribution in [3.63, 3.8) is 0 Å². The van der Waals surface area contributed by atoms with Crippen LogP contribution in [0.4, 0.5) is 5.69 Å². The van der Waals surface area contributed by atoms with Crippen molar-refractivity contribution in [1.82, 2.24) is 10.3 Å². The van der Waals surface area contributed by atoms with Gasteiger partial charge in [-0.1, -0.05) is 0 Å². The molecule has 4 nitrogen and oxygen atoms in total. The third-order valence-corrected chi connectivity index (χ3v) is 2.74. The zero-order chi connectivity index (χ0) is 9.97. The normalized spacial score (nSPS) is 18.3. The molecule has 0 saturated carbocycles. The number of anilines is 1. The van der Waals surface area contributed by atoms with Crippen LogP contribution in [0.15, 0.2) is 16.9 Å². The first-order valence-corrected chi connectivity index (χ1v) is 4.97. The van der Waals surface area contributed by atoms with Crippen LogP contribution in [-0.4, -0.2) is 18.1 Å². The molecular weight excluding hydrogens is 178 g/mol. The van der Waals surface area contributed by atoms with Crippen molar-refractivity contribution >= 4 is 5.69 Å². The molecule has 4 N–H and O–H groups in total. The summed E-state index contributed by atoms with van der Waals surface area (Å²) in [6.07, 6.45) is 2.17. The van der Waals surface area contributed by atoms with Crippen molar-refractivity contribution in [2.45, 2.75) is 18.8 Å². The summed E-state index contributed by atoms with van der Waals surface area (Å²) in [6, 6.07) is 3.61. The van der Waals surface area contributed by atoms with E-state index < -0.39 is 0 Å². The van der Waals surface area contributed by atoms with Gasteiger partial charge >= 0.3 is 0 Å². The van der Waals surface area contributed by atoms with E-state index in [1.165, 1.54) is 0 Å². The molecule has 1 aliphatic rings. The second kappa shape index (κ2) is 3.84. The maximum atomic E-state index is 11.3. The molecular formula is C10H15N3O. The summed E-state index contributed by atoms with van der Waals surface area (Å²) in [6.45, 7) is 2.05. The summed E-state index contributed by atoms with van der Waals surface area (Å²) in [5.41, 5.74) is 6.61. The molecule has 0 unspecified atom stereocenters. The molecule has 0 amide bonds. The van der Waals surface area contributed by atoms with Crippen LogP contribution < -0.4 is 16.6 Å². The number of rotatable bonds is 1. The molecule has 2 rings (SSSR count). The lowest BCUT2D eigenvalue weighted by Crippen LogP contribution is -2.28. The molecule has 1 aliphatic heterocycles. The second-order valence-corrected chi connectivity index (χ2v) is 3.72. The summed E-state index contributed by atoms with van der Waals surface area (Å²) in [5, 5.41) is 3.29. The van der Waals surface area contributed by atoms with Crippen molar-refractivity contribution in [2.75, 3.05) is 18.8 Å². The number of aromatic amines is 1. The maximum Gasteiger partial charge on any atom is 0.271 e. The Hall–Kier alpha value is -1.29. The zero-order valence-electron chi connectivity index (χ0n) is 8.05. The van der Waals surface area contributed by atoms with Crippen LogP contribution in [0.5, 0.6) is 0 Å². The second-order valence-electron chi connectivity index (χ2n) is 3.72. The summed E-state index contributed by atoms with van der Waals surface area (Å²) >= 11 is 0. The Morgan fingerprint density at radius 2 is 2.00 bits per heavy atom. The fourth-order valence-corrected chi connectivity index (χ4v) is 1.87. The lowest BCUT2D eigenvalue weighted by molar-refractivity contribution is 0.453. The first kappa shape index (κ1) is 9.27. The number of hydrogen-bond acceptors (Lipinski definition) is 3. The fourth-order valence-electron chi connectivity index (χ4n) is 1.87. The SMILES string of the molecule is Nc1ccc(C2CCNCC2)[nH]c1=O. The minimum Gasteiger partial charge on any atom is -0.394 e. The van der Waals surface area contributed by atoms with Gasteiger partial charge in [0.1, 0.15) is 0 Å². The van der Waals surface area contributed by atoms with Crippen molar-refractivity contribution in [2.24, 2.45) is 0 Å². The summed E-state index contributed by atoms with van der Waals surface area (Å²) in [7, 11) is 0. The predicted molar refractivity (Wildman–Crippen MR) is 56.3 cm³/mol. The molecule has 2 heterocycles. The van der Waals surface area contributed by atoms with Crippen molar-refractivity contribution < 1.29 is 0 Å². The average Bonchev–Trinajstić information content (AvgIpc) is 2.23. The smallest absolute Gasteiger partial charge is 0.271 e. The van der Waals surface area contributed by atoms with Crippen LogP contribution in [-0.2, 0) is 0 Å². The van der Waals surface area contributed by atoms with Crippen LogP contribution in [0, 0.1) is 0 Å². The predicted octanol–water partition coefficient (Wildman–Crippen LogP) is 0.424. The van der Waals surface area contributed by atoms with E-state index in [0.717, 1.165) is 31.6 Å². The van der Waals surface area contributed by atoms with Crippen LogP contribution in [0.25, 0.3) is 0 Å². The minimum absolute atomic E-state index is 0.166. The highest BCUT2D eigenvalue weighted by Gasteiger charge is 2.15. The van der Waals surface area contributed by atoms with Gasteiger partial charge in [0.2, 0.25) is 0 Å². The summed E-state index contributed by atoms with van der Waals surface area (Å²) in [4.78, 5) is 14.1. The van der Waals surface area contributed by atoms with E-state index >= 15 is 0 Å². The number of nitrogens with two attached hydrogens (primary N) is 1. The lowest BCUT2D eigenvalue weighted by Gasteiger charge is -2.22. The Morgan fingerprint density at radius 1 is 1.29 bits per heavy atom. The number of pyridine rings is 1. The van der Waals surface area contributed by atoms with E-state index in [1.807, 2.05) is 6.07 Å². The van der Waals surface area contributed by atoms with Crippen LogP contribution in [0.2, 0.25) is 0 Å². The number of nitrogens with one attached hydrogen (secondary N) is 2. The lowest BCUT2D eigenvalue weighted by atomic mass is 9.94. The third-order valence-electron chi connectivity index (χ3n) is 2.74. The largest absolute Gasteiger partial charge is 0.394 e. The molecule has 0 aromatic carbocycles. The Labute approximate surface area is 82.5 Å². The highest BCUT2D eigenvalue weighted by Crippen LogP contribution is 2.22. The van der Waals surface area contributed by atoms with E-state index in [-0.39, 0.29) is 5.56 Å². The molecule has 1 fully saturated rings. The van der Waals surface area contributed by atoms with Gasteiger partial charge in [-0.05, 0) is 38.1 Å². The first-order chi connectivity index (χ1) is 6.77. The molecule has 1 saturated heterocycles. The van der Waals surface area contributed by atoms with Crippen molar-refractivity contribution in [1.29, 1.82) is 0 Å². The fraction of sp³-hybridized carbons (Fsp3) is 0.500. The molecule has 0 atom stereocenters. The van der Waals surface area contributed by atoms with Crippen molar-refractivity contribution in [3.8, 4) is 0 Å². The van der Waals surface area contributed by atoms with Crippen LogP contribution in [0.1, 0.15) is 24.5 Å². The number of nitrogen functional groups attached to an aromatic ring is 1. The Balaban J connectivity index is 2.23.